The molecule has 1 aromatic carbocycles. The van der Waals surface area contributed by atoms with Crippen molar-refractivity contribution in [3.05, 3.63) is 30.0 Å². The second-order valence-electron chi connectivity index (χ2n) is 14.4. The molecule has 2 aromatic rings. The summed E-state index contributed by atoms with van der Waals surface area (Å²) in [6.45, 7) is 5.58. The molecule has 1 aliphatic heterocycles. The standard InChI is InChI=1S/C37H54FN3O7/c1-23(2)22-46-17-4-18-47-37(44)33-20-27-19-28(11-14-32(27)48-33)40-35(42)34-30(24-9-12-29(45-3)13-10-24)15-16-41(34)36(43)26-7-5-25(6-8-26)31(39)21-38/h11,14,19-20,23-26,29-31,34H,4-10,12-13,15-18,21-22,39H2,1-3H3,(H,40,42)/t24?,25?,26?,29?,30-,31+,34-/m0/s1. The third-order valence-electron chi connectivity index (χ3n) is 10.7. The van der Waals surface area contributed by atoms with E-state index >= 15 is 0 Å². The summed E-state index contributed by atoms with van der Waals surface area (Å²) < 4.78 is 35.5. The number of likely N-dealkylation sites (tertiary alicyclic amines) is 1. The van der Waals surface area contributed by atoms with Crippen LogP contribution in [0.3, 0.4) is 0 Å². The van der Waals surface area contributed by atoms with Gasteiger partial charge in [0, 0.05) is 56.3 Å². The summed E-state index contributed by atoms with van der Waals surface area (Å²) in [4.78, 5) is 42.6. The zero-order valence-corrected chi connectivity index (χ0v) is 28.8. The number of fused-ring (bicyclic) bond motifs is 1. The highest BCUT2D eigenvalue weighted by Crippen LogP contribution is 2.42. The summed E-state index contributed by atoms with van der Waals surface area (Å²) in [5, 5.41) is 3.76. The number of methoxy groups -OCH3 is 1. The Morgan fingerprint density at radius 2 is 1.77 bits per heavy atom. The van der Waals surface area contributed by atoms with Crippen molar-refractivity contribution < 1.29 is 37.4 Å². The first-order valence-electron chi connectivity index (χ1n) is 17.9. The second kappa shape index (κ2) is 17.1. The minimum Gasteiger partial charge on any atom is -0.460 e. The van der Waals surface area contributed by atoms with E-state index in [1.54, 1.807) is 31.4 Å². The van der Waals surface area contributed by atoms with Crippen molar-refractivity contribution in [2.45, 2.75) is 96.2 Å². The monoisotopic (exact) mass is 671 g/mol. The zero-order valence-electron chi connectivity index (χ0n) is 28.8. The Morgan fingerprint density at radius 1 is 1.02 bits per heavy atom. The number of carbonyl (C=O) groups is 3. The summed E-state index contributed by atoms with van der Waals surface area (Å²) in [5.41, 5.74) is 7.05. The fourth-order valence-electron chi connectivity index (χ4n) is 7.95. The molecule has 5 rings (SSSR count). The van der Waals surface area contributed by atoms with Gasteiger partial charge in [-0.2, -0.15) is 0 Å². The molecule has 11 heteroatoms. The number of carbonyl (C=O) groups excluding carboxylic acids is 3. The molecule has 3 fully saturated rings. The number of furan rings is 1. The number of hydrogen-bond donors (Lipinski definition) is 2. The van der Waals surface area contributed by atoms with Gasteiger partial charge in [0.25, 0.3) is 0 Å². The summed E-state index contributed by atoms with van der Waals surface area (Å²) in [5.74, 6) is 0.114. The average Bonchev–Trinajstić information content (AvgIpc) is 3.74. The Hall–Kier alpha value is -3.02. The fourth-order valence-corrected chi connectivity index (χ4v) is 7.95. The number of alkyl halides is 1. The molecular weight excluding hydrogens is 617 g/mol. The third-order valence-corrected chi connectivity index (χ3v) is 10.7. The summed E-state index contributed by atoms with van der Waals surface area (Å²) in [6, 6.07) is 5.82. The van der Waals surface area contributed by atoms with Crippen LogP contribution in [-0.4, -0.2) is 81.0 Å². The fraction of sp³-hybridized carbons (Fsp3) is 0.703. The highest BCUT2D eigenvalue weighted by Gasteiger charge is 2.47. The van der Waals surface area contributed by atoms with Crippen LogP contribution >= 0.6 is 0 Å². The van der Waals surface area contributed by atoms with Gasteiger partial charge < -0.3 is 34.6 Å². The van der Waals surface area contributed by atoms with Crippen molar-refractivity contribution in [1.82, 2.24) is 4.90 Å². The predicted molar refractivity (Wildman–Crippen MR) is 181 cm³/mol. The van der Waals surface area contributed by atoms with Gasteiger partial charge in [-0.15, -0.1) is 0 Å². The van der Waals surface area contributed by atoms with Gasteiger partial charge in [-0.05, 0) is 106 Å². The Bertz CT molecular complexity index is 1370. The number of hydrogen-bond acceptors (Lipinski definition) is 8. The molecule has 0 bridgehead atoms. The average molecular weight is 672 g/mol. The van der Waals surface area contributed by atoms with Crippen molar-refractivity contribution in [2.24, 2.45) is 35.3 Å². The smallest absolute Gasteiger partial charge is 0.374 e. The van der Waals surface area contributed by atoms with Gasteiger partial charge in [0.2, 0.25) is 17.6 Å². The summed E-state index contributed by atoms with van der Waals surface area (Å²) >= 11 is 0. The van der Waals surface area contributed by atoms with Gasteiger partial charge >= 0.3 is 5.97 Å². The minimum absolute atomic E-state index is 0.0235. The van der Waals surface area contributed by atoms with E-state index in [1.165, 1.54) is 0 Å². The number of nitrogens with one attached hydrogen (secondary N) is 1. The first-order valence-corrected chi connectivity index (χ1v) is 17.9. The molecule has 2 amide bonds. The molecule has 1 aromatic heterocycles. The second-order valence-corrected chi connectivity index (χ2v) is 14.4. The lowest BCUT2D eigenvalue weighted by atomic mass is 9.75. The number of benzene rings is 1. The largest absolute Gasteiger partial charge is 0.460 e. The maximum absolute atomic E-state index is 14.2. The summed E-state index contributed by atoms with van der Waals surface area (Å²) in [6.07, 6.45) is 8.23. The third kappa shape index (κ3) is 8.95. The van der Waals surface area contributed by atoms with Gasteiger partial charge in [-0.1, -0.05) is 13.8 Å². The maximum Gasteiger partial charge on any atom is 0.374 e. The molecule has 3 N–H and O–H groups in total. The van der Waals surface area contributed by atoms with E-state index in [4.69, 9.17) is 24.4 Å². The van der Waals surface area contributed by atoms with Crippen LogP contribution in [0.2, 0.25) is 0 Å². The number of esters is 1. The first-order chi connectivity index (χ1) is 23.2. The number of anilines is 1. The molecule has 3 atom stereocenters. The number of nitrogens with zero attached hydrogens (tertiary/aromatic N) is 1. The van der Waals surface area contributed by atoms with E-state index in [2.05, 4.69) is 19.2 Å². The lowest BCUT2D eigenvalue weighted by Gasteiger charge is -2.37. The van der Waals surface area contributed by atoms with E-state index in [1.807, 2.05) is 4.90 Å². The zero-order chi connectivity index (χ0) is 34.2. The van der Waals surface area contributed by atoms with E-state index < -0.39 is 24.7 Å². The Labute approximate surface area is 283 Å². The van der Waals surface area contributed by atoms with Crippen LogP contribution in [0.5, 0.6) is 0 Å². The normalized spacial score (nSPS) is 26.9. The van der Waals surface area contributed by atoms with Crippen LogP contribution in [0.4, 0.5) is 10.1 Å². The number of nitrogens with two attached hydrogens (primary N) is 1. The molecule has 0 spiro atoms. The van der Waals surface area contributed by atoms with Crippen LogP contribution in [-0.2, 0) is 23.8 Å². The molecule has 266 valence electrons. The van der Waals surface area contributed by atoms with Gasteiger partial charge in [0.1, 0.15) is 18.3 Å². The molecule has 0 radical (unpaired) electrons. The highest BCUT2D eigenvalue weighted by molar-refractivity contribution is 6.00. The van der Waals surface area contributed by atoms with Crippen LogP contribution in [0.25, 0.3) is 11.0 Å². The SMILES string of the molecule is COC1CCC([C@@H]2CCN(C(=O)C3CCC([C@H](N)CF)CC3)[C@@H]2C(=O)Nc2ccc3oc(C(=O)OCCCOCC(C)C)cc3c2)CC1. The molecule has 2 heterocycles. The number of ether oxygens (including phenoxy) is 3. The van der Waals surface area contributed by atoms with Crippen LogP contribution in [0, 0.1) is 29.6 Å². The lowest BCUT2D eigenvalue weighted by molar-refractivity contribution is -0.142. The molecular formula is C37H54FN3O7. The van der Waals surface area contributed by atoms with Crippen LogP contribution < -0.4 is 11.1 Å². The van der Waals surface area contributed by atoms with Gasteiger partial charge in [-0.3, -0.25) is 9.59 Å². The van der Waals surface area contributed by atoms with Crippen molar-refractivity contribution in [1.29, 1.82) is 0 Å². The number of amides is 2. The molecule has 2 aliphatic carbocycles. The minimum atomic E-state index is -0.581. The maximum atomic E-state index is 14.2. The predicted octanol–water partition coefficient (Wildman–Crippen LogP) is 6.12. The Balaban J connectivity index is 1.25. The Morgan fingerprint density at radius 3 is 2.46 bits per heavy atom. The highest BCUT2D eigenvalue weighted by atomic mass is 19.1. The first kappa shape index (κ1) is 36.3. The van der Waals surface area contributed by atoms with Crippen molar-refractivity contribution in [3.8, 4) is 0 Å². The number of rotatable bonds is 14. The topological polar surface area (TPSA) is 133 Å². The van der Waals surface area contributed by atoms with E-state index in [0.29, 0.717) is 67.5 Å². The van der Waals surface area contributed by atoms with Crippen molar-refractivity contribution in [3.63, 3.8) is 0 Å². The quantitative estimate of drug-likeness (QED) is 0.181. The van der Waals surface area contributed by atoms with Crippen LogP contribution in [0.1, 0.15) is 88.6 Å². The van der Waals surface area contributed by atoms with Crippen molar-refractivity contribution in [2.75, 3.05) is 45.5 Å². The van der Waals surface area contributed by atoms with Crippen LogP contribution in [0.15, 0.2) is 28.7 Å². The molecule has 1 saturated heterocycles. The number of halogens is 1. The van der Waals surface area contributed by atoms with Gasteiger partial charge in [0.05, 0.1) is 12.7 Å². The Kier molecular flexibility index (Phi) is 12.9. The van der Waals surface area contributed by atoms with Crippen molar-refractivity contribution >= 4 is 34.4 Å². The summed E-state index contributed by atoms with van der Waals surface area (Å²) in [7, 11) is 1.75. The van der Waals surface area contributed by atoms with E-state index in [-0.39, 0.29) is 48.0 Å². The van der Waals surface area contributed by atoms with E-state index in [0.717, 1.165) is 44.9 Å². The molecule has 3 aliphatic rings. The molecule has 2 saturated carbocycles. The van der Waals surface area contributed by atoms with Gasteiger partial charge in [-0.25, -0.2) is 9.18 Å². The van der Waals surface area contributed by atoms with Gasteiger partial charge in [0.15, 0.2) is 0 Å². The molecule has 0 unspecified atom stereocenters. The lowest BCUT2D eigenvalue weighted by Crippen LogP contribution is -2.50. The molecule has 48 heavy (non-hydrogen) atoms. The molecule has 10 nitrogen and oxygen atoms in total. The van der Waals surface area contributed by atoms with E-state index in [9.17, 15) is 18.8 Å².